The number of Topliss-reactive ketones (excluding diaryl/α,β-unsaturated/α-hetero) is 1. The maximum atomic E-state index is 11.8. The Balaban J connectivity index is 1.84. The number of nitrogens with zero attached hydrogens (tertiary/aromatic N) is 1. The van der Waals surface area contributed by atoms with Crippen molar-refractivity contribution in [2.24, 2.45) is 0 Å². The maximum absolute atomic E-state index is 11.8. The molecule has 2 N–H and O–H groups in total. The fraction of sp³-hybridized carbons (Fsp3) is 0.143. The Hall–Kier alpha value is -2.45. The minimum absolute atomic E-state index is 0.0290. The molecule has 9 heteroatoms. The number of amides is 1. The van der Waals surface area contributed by atoms with Crippen LogP contribution in [0.1, 0.15) is 22.5 Å². The van der Waals surface area contributed by atoms with Crippen LogP contribution >= 0.6 is 22.9 Å². The summed E-state index contributed by atoms with van der Waals surface area (Å²) < 4.78 is 0.510. The van der Waals surface area contributed by atoms with E-state index in [1.807, 2.05) is 0 Å². The van der Waals surface area contributed by atoms with Crippen LogP contribution in [0.3, 0.4) is 0 Å². The number of thiophene rings is 1. The molecular formula is C14H12ClN3O4S. The molecule has 0 unspecified atom stereocenters. The summed E-state index contributed by atoms with van der Waals surface area (Å²) in [4.78, 5) is 34.3. The second-order valence-electron chi connectivity index (χ2n) is 4.47. The topological polar surface area (TPSA) is 101 Å². The number of carbonyl (C=O) groups is 2. The van der Waals surface area contributed by atoms with Gasteiger partial charge < -0.3 is 0 Å². The van der Waals surface area contributed by atoms with Crippen LogP contribution in [-0.2, 0) is 4.79 Å². The summed E-state index contributed by atoms with van der Waals surface area (Å²) in [6, 6.07) is 9.14. The Morgan fingerprint density at radius 3 is 2.57 bits per heavy atom. The van der Waals surface area contributed by atoms with Crippen molar-refractivity contribution >= 4 is 46.0 Å². The molecular weight excluding hydrogens is 342 g/mol. The molecule has 1 heterocycles. The normalized spacial score (nSPS) is 10.1. The molecule has 7 nitrogen and oxygen atoms in total. The molecule has 0 bridgehead atoms. The Morgan fingerprint density at radius 1 is 1.17 bits per heavy atom. The largest absolute Gasteiger partial charge is 0.294 e. The Kier molecular flexibility index (Phi) is 5.67. The zero-order valence-electron chi connectivity index (χ0n) is 11.7. The molecule has 2 aromatic rings. The van der Waals surface area contributed by atoms with E-state index in [9.17, 15) is 19.7 Å². The third kappa shape index (κ3) is 4.76. The molecule has 120 valence electrons. The Morgan fingerprint density at radius 2 is 1.91 bits per heavy atom. The summed E-state index contributed by atoms with van der Waals surface area (Å²) in [5.74, 6) is -0.623. The first-order valence-corrected chi connectivity index (χ1v) is 7.73. The zero-order chi connectivity index (χ0) is 16.8. The summed E-state index contributed by atoms with van der Waals surface area (Å²) in [7, 11) is 0. The van der Waals surface area contributed by atoms with Crippen molar-refractivity contribution in [3.63, 3.8) is 0 Å². The minimum Gasteiger partial charge on any atom is -0.293 e. The van der Waals surface area contributed by atoms with E-state index in [2.05, 4.69) is 10.9 Å². The minimum atomic E-state index is -0.557. The monoisotopic (exact) mass is 353 g/mol. The predicted molar refractivity (Wildman–Crippen MR) is 87.8 cm³/mol. The Bertz CT molecular complexity index is 747. The van der Waals surface area contributed by atoms with Crippen LogP contribution in [-0.4, -0.2) is 16.6 Å². The lowest BCUT2D eigenvalue weighted by molar-refractivity contribution is -0.384. The number of ketones is 1. The van der Waals surface area contributed by atoms with E-state index in [4.69, 9.17) is 11.6 Å². The summed E-state index contributed by atoms with van der Waals surface area (Å²) in [6.07, 6.45) is -0.0107. The first-order valence-electron chi connectivity index (χ1n) is 6.54. The van der Waals surface area contributed by atoms with Gasteiger partial charge in [-0.3, -0.25) is 30.6 Å². The predicted octanol–water partition coefficient (Wildman–Crippen LogP) is 3.42. The zero-order valence-corrected chi connectivity index (χ0v) is 13.3. The van der Waals surface area contributed by atoms with E-state index in [0.717, 1.165) is 11.3 Å². The summed E-state index contributed by atoms with van der Waals surface area (Å²) in [6.45, 7) is 0. The summed E-state index contributed by atoms with van der Waals surface area (Å²) >= 11 is 6.90. The van der Waals surface area contributed by atoms with E-state index in [0.29, 0.717) is 9.21 Å². The highest BCUT2D eigenvalue weighted by Gasteiger charge is 2.14. The van der Waals surface area contributed by atoms with Gasteiger partial charge in [-0.25, -0.2) is 0 Å². The van der Waals surface area contributed by atoms with Crippen molar-refractivity contribution in [1.29, 1.82) is 0 Å². The molecule has 0 radical (unpaired) electrons. The molecule has 2 rings (SSSR count). The van der Waals surface area contributed by atoms with Crippen LogP contribution in [0, 0.1) is 10.1 Å². The van der Waals surface area contributed by atoms with Gasteiger partial charge >= 0.3 is 0 Å². The summed E-state index contributed by atoms with van der Waals surface area (Å²) in [5, 5.41) is 10.8. The number of halogens is 1. The molecule has 0 saturated heterocycles. The van der Waals surface area contributed by atoms with Gasteiger partial charge in [-0.15, -0.1) is 11.3 Å². The van der Waals surface area contributed by atoms with E-state index < -0.39 is 10.8 Å². The quantitative estimate of drug-likeness (QED) is 0.451. The number of nitro groups is 1. The second kappa shape index (κ2) is 7.70. The van der Waals surface area contributed by atoms with Gasteiger partial charge in [0.15, 0.2) is 5.78 Å². The number of nitro benzene ring substituents is 1. The number of nitrogens with one attached hydrogen (secondary N) is 2. The van der Waals surface area contributed by atoms with Crippen molar-refractivity contribution in [3.8, 4) is 0 Å². The SMILES string of the molecule is O=C(CCC(=O)c1ccc(Cl)s1)NNc1ccccc1[N+](=O)[O-]. The number of hydrogen-bond donors (Lipinski definition) is 2. The van der Waals surface area contributed by atoms with E-state index in [-0.39, 0.29) is 30.0 Å². The first kappa shape index (κ1) is 16.9. The van der Waals surface area contributed by atoms with Gasteiger partial charge in [-0.2, -0.15) is 0 Å². The fourth-order valence-corrected chi connectivity index (χ4v) is 2.76. The standard InChI is InChI=1S/C14H12ClN3O4S/c15-13-7-6-12(23-13)11(19)5-8-14(20)17-16-9-3-1-2-4-10(9)18(21)22/h1-4,6-7,16H,5,8H2,(H,17,20). The Labute approximate surface area is 140 Å². The molecule has 0 spiro atoms. The molecule has 1 aromatic carbocycles. The molecule has 1 aromatic heterocycles. The second-order valence-corrected chi connectivity index (χ2v) is 6.19. The number of anilines is 1. The van der Waals surface area contributed by atoms with Crippen LogP contribution in [0.4, 0.5) is 11.4 Å². The fourth-order valence-electron chi connectivity index (χ4n) is 1.75. The highest BCUT2D eigenvalue weighted by atomic mass is 35.5. The van der Waals surface area contributed by atoms with Crippen LogP contribution in [0.15, 0.2) is 36.4 Å². The van der Waals surface area contributed by atoms with Crippen LogP contribution in [0.5, 0.6) is 0 Å². The van der Waals surface area contributed by atoms with Crippen molar-refractivity contribution in [1.82, 2.24) is 5.43 Å². The molecule has 1 amide bonds. The van der Waals surface area contributed by atoms with Crippen molar-refractivity contribution < 1.29 is 14.5 Å². The van der Waals surface area contributed by atoms with Gasteiger partial charge in [0.25, 0.3) is 5.69 Å². The average Bonchev–Trinajstić information content (AvgIpc) is 2.97. The highest BCUT2D eigenvalue weighted by molar-refractivity contribution is 7.18. The number of rotatable bonds is 7. The van der Waals surface area contributed by atoms with Crippen LogP contribution in [0.2, 0.25) is 4.34 Å². The number of para-hydroxylation sites is 2. The van der Waals surface area contributed by atoms with Gasteiger partial charge in [0.1, 0.15) is 5.69 Å². The lowest BCUT2D eigenvalue weighted by Crippen LogP contribution is -2.29. The molecule has 0 saturated carbocycles. The van der Waals surface area contributed by atoms with E-state index in [1.165, 1.54) is 18.2 Å². The van der Waals surface area contributed by atoms with Gasteiger partial charge in [-0.1, -0.05) is 23.7 Å². The van der Waals surface area contributed by atoms with Crippen molar-refractivity contribution in [2.75, 3.05) is 5.43 Å². The van der Waals surface area contributed by atoms with Gasteiger partial charge in [0, 0.05) is 18.9 Å². The number of hydrazine groups is 1. The van der Waals surface area contributed by atoms with Gasteiger partial charge in [0.05, 0.1) is 14.1 Å². The highest BCUT2D eigenvalue weighted by Crippen LogP contribution is 2.23. The lowest BCUT2D eigenvalue weighted by Gasteiger charge is -2.08. The van der Waals surface area contributed by atoms with Crippen LogP contribution < -0.4 is 10.9 Å². The summed E-state index contributed by atoms with van der Waals surface area (Å²) in [5.41, 5.74) is 4.84. The van der Waals surface area contributed by atoms with Crippen LogP contribution in [0.25, 0.3) is 0 Å². The average molecular weight is 354 g/mol. The number of hydrogen-bond acceptors (Lipinski definition) is 6. The molecule has 0 fully saturated rings. The molecule has 0 aliphatic heterocycles. The molecule has 0 aliphatic carbocycles. The number of carbonyl (C=O) groups excluding carboxylic acids is 2. The third-order valence-electron chi connectivity index (χ3n) is 2.86. The van der Waals surface area contributed by atoms with Crippen molar-refractivity contribution in [2.45, 2.75) is 12.8 Å². The first-order chi connectivity index (χ1) is 11.0. The molecule has 0 aliphatic rings. The van der Waals surface area contributed by atoms with Gasteiger partial charge in [0.2, 0.25) is 5.91 Å². The smallest absolute Gasteiger partial charge is 0.293 e. The van der Waals surface area contributed by atoms with E-state index >= 15 is 0 Å². The van der Waals surface area contributed by atoms with Gasteiger partial charge in [-0.05, 0) is 18.2 Å². The molecule has 0 atom stereocenters. The van der Waals surface area contributed by atoms with Crippen molar-refractivity contribution in [3.05, 3.63) is 55.7 Å². The maximum Gasteiger partial charge on any atom is 0.294 e. The lowest BCUT2D eigenvalue weighted by atomic mass is 10.2. The molecule has 23 heavy (non-hydrogen) atoms. The third-order valence-corrected chi connectivity index (χ3v) is 4.14. The number of benzene rings is 1. The van der Waals surface area contributed by atoms with E-state index in [1.54, 1.807) is 18.2 Å².